The monoisotopic (exact) mass is 250 g/mol. The smallest absolute Gasteiger partial charge is 0.234 e. The molecule has 0 radical (unpaired) electrons. The number of carbonyl (C=O) groups excluding carboxylic acids is 1. The lowest BCUT2D eigenvalue weighted by Gasteiger charge is -2.34. The molecular formula is C12H18N4O2. The highest BCUT2D eigenvalue weighted by molar-refractivity contribution is 5.73. The van der Waals surface area contributed by atoms with Gasteiger partial charge in [-0.15, -0.1) is 0 Å². The van der Waals surface area contributed by atoms with E-state index in [1.165, 1.54) is 0 Å². The van der Waals surface area contributed by atoms with Crippen LogP contribution in [0.2, 0.25) is 0 Å². The summed E-state index contributed by atoms with van der Waals surface area (Å²) in [5.74, 6) is 1.48. The number of aromatic nitrogens is 2. The van der Waals surface area contributed by atoms with Gasteiger partial charge in [-0.25, -0.2) is 0 Å². The van der Waals surface area contributed by atoms with Crippen molar-refractivity contribution in [3.8, 4) is 5.88 Å². The fraction of sp³-hybridized carbons (Fsp3) is 0.583. The van der Waals surface area contributed by atoms with Crippen LogP contribution in [-0.4, -0.2) is 53.6 Å². The van der Waals surface area contributed by atoms with E-state index in [2.05, 4.69) is 14.9 Å². The van der Waals surface area contributed by atoms with Crippen molar-refractivity contribution in [1.82, 2.24) is 14.9 Å². The molecule has 0 N–H and O–H groups in total. The molecule has 0 bridgehead atoms. The molecule has 1 aromatic rings. The van der Waals surface area contributed by atoms with E-state index >= 15 is 0 Å². The second kappa shape index (κ2) is 5.66. The maximum absolute atomic E-state index is 11.2. The largest absolute Gasteiger partial charge is 0.477 e. The van der Waals surface area contributed by atoms with E-state index in [1.54, 1.807) is 19.3 Å². The van der Waals surface area contributed by atoms with Crippen LogP contribution in [0, 0.1) is 0 Å². The van der Waals surface area contributed by atoms with Crippen molar-refractivity contribution in [2.24, 2.45) is 0 Å². The molecule has 18 heavy (non-hydrogen) atoms. The van der Waals surface area contributed by atoms with Crippen LogP contribution in [0.3, 0.4) is 0 Å². The minimum absolute atomic E-state index is 0.129. The van der Waals surface area contributed by atoms with Crippen LogP contribution in [0.4, 0.5) is 5.82 Å². The number of piperazine rings is 1. The van der Waals surface area contributed by atoms with E-state index < -0.39 is 0 Å². The van der Waals surface area contributed by atoms with Gasteiger partial charge in [-0.1, -0.05) is 0 Å². The summed E-state index contributed by atoms with van der Waals surface area (Å²) in [6.07, 6.45) is 3.34. The minimum Gasteiger partial charge on any atom is -0.477 e. The van der Waals surface area contributed by atoms with E-state index in [-0.39, 0.29) is 5.91 Å². The molecule has 6 heteroatoms. The predicted octanol–water partition coefficient (Wildman–Crippen LogP) is 0.544. The number of anilines is 1. The Balaban J connectivity index is 2.00. The number of carbonyl (C=O) groups is 1. The van der Waals surface area contributed by atoms with Gasteiger partial charge >= 0.3 is 0 Å². The average molecular weight is 250 g/mol. The zero-order chi connectivity index (χ0) is 13.0. The topological polar surface area (TPSA) is 58.6 Å². The maximum Gasteiger partial charge on any atom is 0.234 e. The Hall–Kier alpha value is -1.85. The Kier molecular flexibility index (Phi) is 3.96. The number of hydrogen-bond donors (Lipinski definition) is 0. The molecule has 0 aliphatic carbocycles. The standard InChI is InChI=1S/C12H18N4O2/c1-3-18-12-9-13-8-11(14-12)16-6-4-15(5-7-16)10(2)17/h8-9H,3-7H2,1-2H3. The molecule has 1 fully saturated rings. The van der Waals surface area contributed by atoms with E-state index in [0.717, 1.165) is 32.0 Å². The number of ether oxygens (including phenoxy) is 1. The third-order valence-corrected chi connectivity index (χ3v) is 2.94. The van der Waals surface area contributed by atoms with Gasteiger partial charge in [0.2, 0.25) is 11.8 Å². The maximum atomic E-state index is 11.2. The van der Waals surface area contributed by atoms with Crippen LogP contribution in [-0.2, 0) is 4.79 Å². The third-order valence-electron chi connectivity index (χ3n) is 2.94. The summed E-state index contributed by atoms with van der Waals surface area (Å²) >= 11 is 0. The Labute approximate surface area is 107 Å². The molecule has 0 atom stereocenters. The second-order valence-electron chi connectivity index (χ2n) is 4.14. The number of nitrogens with zero attached hydrogens (tertiary/aromatic N) is 4. The highest BCUT2D eigenvalue weighted by Crippen LogP contribution is 2.15. The lowest BCUT2D eigenvalue weighted by Crippen LogP contribution is -2.48. The van der Waals surface area contributed by atoms with Crippen molar-refractivity contribution in [3.05, 3.63) is 12.4 Å². The molecule has 0 saturated carbocycles. The van der Waals surface area contributed by atoms with Crippen molar-refractivity contribution in [2.45, 2.75) is 13.8 Å². The zero-order valence-corrected chi connectivity index (χ0v) is 10.8. The molecule has 1 aromatic heterocycles. The summed E-state index contributed by atoms with van der Waals surface area (Å²) < 4.78 is 5.33. The second-order valence-corrected chi connectivity index (χ2v) is 4.14. The highest BCUT2D eigenvalue weighted by Gasteiger charge is 2.19. The summed E-state index contributed by atoms with van der Waals surface area (Å²) in [6, 6.07) is 0. The van der Waals surface area contributed by atoms with Gasteiger partial charge in [-0.2, -0.15) is 4.98 Å². The molecule has 98 valence electrons. The van der Waals surface area contributed by atoms with Gasteiger partial charge in [0.1, 0.15) is 0 Å². The summed E-state index contributed by atoms with van der Waals surface area (Å²) in [6.45, 7) is 7.13. The van der Waals surface area contributed by atoms with Gasteiger partial charge < -0.3 is 14.5 Å². The Morgan fingerprint density at radius 1 is 1.33 bits per heavy atom. The van der Waals surface area contributed by atoms with Crippen LogP contribution < -0.4 is 9.64 Å². The van der Waals surface area contributed by atoms with E-state index in [1.807, 2.05) is 11.8 Å². The lowest BCUT2D eigenvalue weighted by molar-refractivity contribution is -0.129. The van der Waals surface area contributed by atoms with Crippen LogP contribution in [0.15, 0.2) is 12.4 Å². The normalized spacial score (nSPS) is 15.7. The molecule has 1 saturated heterocycles. The third kappa shape index (κ3) is 2.88. The van der Waals surface area contributed by atoms with Crippen molar-refractivity contribution in [2.75, 3.05) is 37.7 Å². The lowest BCUT2D eigenvalue weighted by atomic mass is 10.3. The summed E-state index contributed by atoms with van der Waals surface area (Å²) in [7, 11) is 0. The SMILES string of the molecule is CCOc1cncc(N2CCN(C(C)=O)CC2)n1. The Bertz CT molecular complexity index is 416. The van der Waals surface area contributed by atoms with Crippen molar-refractivity contribution >= 4 is 11.7 Å². The first-order chi connectivity index (χ1) is 8.70. The zero-order valence-electron chi connectivity index (χ0n) is 10.8. The van der Waals surface area contributed by atoms with E-state index in [9.17, 15) is 4.79 Å². The average Bonchev–Trinajstić information content (AvgIpc) is 2.39. The summed E-state index contributed by atoms with van der Waals surface area (Å²) in [5, 5.41) is 0. The van der Waals surface area contributed by atoms with Gasteiger partial charge in [0.25, 0.3) is 0 Å². The number of amides is 1. The number of rotatable bonds is 3. The molecule has 1 amide bonds. The van der Waals surface area contributed by atoms with Crippen LogP contribution >= 0.6 is 0 Å². The Morgan fingerprint density at radius 3 is 2.67 bits per heavy atom. The van der Waals surface area contributed by atoms with Crippen molar-refractivity contribution < 1.29 is 9.53 Å². The molecule has 1 aliphatic heterocycles. The van der Waals surface area contributed by atoms with E-state index in [4.69, 9.17) is 4.74 Å². The van der Waals surface area contributed by atoms with Crippen LogP contribution in [0.5, 0.6) is 5.88 Å². The summed E-state index contributed by atoms with van der Waals surface area (Å²) in [4.78, 5) is 23.7. The first kappa shape index (κ1) is 12.6. The molecule has 2 heterocycles. The quantitative estimate of drug-likeness (QED) is 0.784. The molecule has 1 aliphatic rings. The minimum atomic E-state index is 0.129. The molecular weight excluding hydrogens is 232 g/mol. The van der Waals surface area contributed by atoms with Gasteiger partial charge in [0, 0.05) is 33.1 Å². The van der Waals surface area contributed by atoms with Gasteiger partial charge in [-0.3, -0.25) is 9.78 Å². The molecule has 6 nitrogen and oxygen atoms in total. The van der Waals surface area contributed by atoms with Crippen LogP contribution in [0.1, 0.15) is 13.8 Å². The molecule has 0 spiro atoms. The first-order valence-corrected chi connectivity index (χ1v) is 6.16. The molecule has 0 unspecified atom stereocenters. The van der Waals surface area contributed by atoms with Crippen molar-refractivity contribution in [3.63, 3.8) is 0 Å². The summed E-state index contributed by atoms with van der Waals surface area (Å²) in [5.41, 5.74) is 0. The predicted molar refractivity (Wildman–Crippen MR) is 67.7 cm³/mol. The van der Waals surface area contributed by atoms with E-state index in [0.29, 0.717) is 12.5 Å². The van der Waals surface area contributed by atoms with Crippen LogP contribution in [0.25, 0.3) is 0 Å². The fourth-order valence-corrected chi connectivity index (χ4v) is 1.96. The number of hydrogen-bond acceptors (Lipinski definition) is 5. The molecule has 0 aromatic carbocycles. The van der Waals surface area contributed by atoms with Gasteiger partial charge in [0.15, 0.2) is 5.82 Å². The first-order valence-electron chi connectivity index (χ1n) is 6.16. The van der Waals surface area contributed by atoms with Gasteiger partial charge in [0.05, 0.1) is 19.0 Å². The molecule has 2 rings (SSSR count). The highest BCUT2D eigenvalue weighted by atomic mass is 16.5. The Morgan fingerprint density at radius 2 is 2.06 bits per heavy atom. The fourth-order valence-electron chi connectivity index (χ4n) is 1.96. The van der Waals surface area contributed by atoms with Gasteiger partial charge in [-0.05, 0) is 6.92 Å². The van der Waals surface area contributed by atoms with Crippen molar-refractivity contribution in [1.29, 1.82) is 0 Å².